The zero-order valence-corrected chi connectivity index (χ0v) is 9.41. The lowest BCUT2D eigenvalue weighted by Crippen LogP contribution is -2.36. The van der Waals surface area contributed by atoms with Gasteiger partial charge in [-0.05, 0) is 12.8 Å². The number of aliphatic hydroxyl groups is 1. The number of rotatable bonds is 3. The lowest BCUT2D eigenvalue weighted by molar-refractivity contribution is -0.137. The van der Waals surface area contributed by atoms with Crippen LogP contribution in [0.25, 0.3) is 0 Å². The molecule has 0 aliphatic carbocycles. The van der Waals surface area contributed by atoms with E-state index >= 15 is 0 Å². The largest absolute Gasteiger partial charge is 0.419 e. The zero-order chi connectivity index (χ0) is 12.6. The summed E-state index contributed by atoms with van der Waals surface area (Å²) in [6, 6.07) is 0. The van der Waals surface area contributed by atoms with Gasteiger partial charge in [0, 0.05) is 6.20 Å². The second-order valence-corrected chi connectivity index (χ2v) is 4.44. The first-order valence-electron chi connectivity index (χ1n) is 4.95. The summed E-state index contributed by atoms with van der Waals surface area (Å²) in [7, 11) is 0. The van der Waals surface area contributed by atoms with Crippen LogP contribution in [0, 0.1) is 5.92 Å². The van der Waals surface area contributed by atoms with Gasteiger partial charge in [0.05, 0.1) is 23.9 Å². The van der Waals surface area contributed by atoms with Crippen molar-refractivity contribution in [3.63, 3.8) is 0 Å². The summed E-state index contributed by atoms with van der Waals surface area (Å²) in [4.78, 5) is 0. The van der Waals surface area contributed by atoms with E-state index < -0.39 is 17.3 Å². The Morgan fingerprint density at radius 2 is 2.00 bits per heavy atom. The van der Waals surface area contributed by atoms with Gasteiger partial charge in [-0.15, -0.1) is 0 Å². The molecular formula is C10H15F3N2O. The van der Waals surface area contributed by atoms with E-state index in [4.69, 9.17) is 0 Å². The minimum atomic E-state index is -4.39. The molecule has 1 aromatic rings. The standard InChI is InChI=1S/C10H15F3N2O/c1-7(2)9(3,16)6-15-5-8(4-14-15)10(11,12)13/h4-5,7,16H,6H2,1-3H3. The molecule has 92 valence electrons. The molecule has 0 aliphatic rings. The third kappa shape index (κ3) is 2.98. The van der Waals surface area contributed by atoms with Crippen LogP contribution in [0.2, 0.25) is 0 Å². The van der Waals surface area contributed by atoms with Crippen LogP contribution < -0.4 is 0 Å². The van der Waals surface area contributed by atoms with E-state index in [-0.39, 0.29) is 12.5 Å². The van der Waals surface area contributed by atoms with Gasteiger partial charge in [-0.25, -0.2) is 0 Å². The van der Waals surface area contributed by atoms with E-state index in [0.29, 0.717) is 0 Å². The Morgan fingerprint density at radius 1 is 1.44 bits per heavy atom. The van der Waals surface area contributed by atoms with Crippen molar-refractivity contribution in [2.45, 2.75) is 39.1 Å². The monoisotopic (exact) mass is 236 g/mol. The summed E-state index contributed by atoms with van der Waals surface area (Å²) < 4.78 is 37.9. The molecule has 1 heterocycles. The molecule has 0 radical (unpaired) electrons. The van der Waals surface area contributed by atoms with Crippen molar-refractivity contribution in [2.75, 3.05) is 0 Å². The molecule has 0 aliphatic heterocycles. The Hall–Kier alpha value is -1.04. The van der Waals surface area contributed by atoms with Crippen molar-refractivity contribution in [2.24, 2.45) is 5.92 Å². The fourth-order valence-electron chi connectivity index (χ4n) is 1.11. The highest BCUT2D eigenvalue weighted by Gasteiger charge is 2.33. The molecule has 1 rings (SSSR count). The topological polar surface area (TPSA) is 38.0 Å². The van der Waals surface area contributed by atoms with Gasteiger partial charge >= 0.3 is 6.18 Å². The first-order chi connectivity index (χ1) is 7.13. The number of alkyl halides is 3. The van der Waals surface area contributed by atoms with Crippen molar-refractivity contribution in [1.82, 2.24) is 9.78 Å². The summed E-state index contributed by atoms with van der Waals surface area (Å²) in [5.74, 6) is -0.0639. The quantitative estimate of drug-likeness (QED) is 0.874. The van der Waals surface area contributed by atoms with Crippen LogP contribution in [0.1, 0.15) is 26.3 Å². The van der Waals surface area contributed by atoms with Gasteiger partial charge in [0.2, 0.25) is 0 Å². The summed E-state index contributed by atoms with van der Waals surface area (Å²) in [6.45, 7) is 5.22. The van der Waals surface area contributed by atoms with Gasteiger partial charge in [0.25, 0.3) is 0 Å². The van der Waals surface area contributed by atoms with Crippen molar-refractivity contribution in [3.8, 4) is 0 Å². The highest BCUT2D eigenvalue weighted by molar-refractivity contribution is 5.08. The van der Waals surface area contributed by atoms with Crippen molar-refractivity contribution < 1.29 is 18.3 Å². The van der Waals surface area contributed by atoms with Gasteiger partial charge in [0.1, 0.15) is 0 Å². The summed E-state index contributed by atoms with van der Waals surface area (Å²) in [6.07, 6.45) is -2.73. The van der Waals surface area contributed by atoms with Gasteiger partial charge in [-0.2, -0.15) is 18.3 Å². The van der Waals surface area contributed by atoms with Crippen molar-refractivity contribution in [1.29, 1.82) is 0 Å². The zero-order valence-electron chi connectivity index (χ0n) is 9.41. The molecule has 0 spiro atoms. The maximum atomic E-state index is 12.3. The molecule has 16 heavy (non-hydrogen) atoms. The Kier molecular flexibility index (Phi) is 3.33. The molecule has 0 bridgehead atoms. The smallest absolute Gasteiger partial charge is 0.388 e. The Morgan fingerprint density at radius 3 is 2.38 bits per heavy atom. The van der Waals surface area contributed by atoms with E-state index in [1.807, 2.05) is 0 Å². The maximum absolute atomic E-state index is 12.3. The van der Waals surface area contributed by atoms with Gasteiger partial charge in [0.15, 0.2) is 0 Å². The Balaban J connectivity index is 2.81. The third-order valence-corrected chi connectivity index (χ3v) is 2.69. The van der Waals surface area contributed by atoms with Crippen molar-refractivity contribution >= 4 is 0 Å². The summed E-state index contributed by atoms with van der Waals surface area (Å²) in [5.41, 5.74) is -1.87. The molecule has 1 N–H and O–H groups in total. The van der Waals surface area contributed by atoms with Gasteiger partial charge in [-0.1, -0.05) is 13.8 Å². The average Bonchev–Trinajstić information content (AvgIpc) is 2.50. The predicted molar refractivity (Wildman–Crippen MR) is 52.7 cm³/mol. The molecule has 1 aromatic heterocycles. The number of hydrogen-bond donors (Lipinski definition) is 1. The molecule has 0 fully saturated rings. The Labute approximate surface area is 91.9 Å². The van der Waals surface area contributed by atoms with Crippen LogP contribution >= 0.6 is 0 Å². The first-order valence-corrected chi connectivity index (χ1v) is 4.95. The Bertz CT molecular complexity index is 355. The minimum absolute atomic E-state index is 0.0424. The van der Waals surface area contributed by atoms with Crippen LogP contribution in [0.4, 0.5) is 13.2 Å². The first kappa shape index (κ1) is 13.0. The van der Waals surface area contributed by atoms with E-state index in [2.05, 4.69) is 5.10 Å². The highest BCUT2D eigenvalue weighted by Crippen LogP contribution is 2.29. The van der Waals surface area contributed by atoms with E-state index in [1.165, 1.54) is 0 Å². The maximum Gasteiger partial charge on any atom is 0.419 e. The molecule has 1 unspecified atom stereocenters. The van der Waals surface area contributed by atoms with Crippen LogP contribution in [0.5, 0.6) is 0 Å². The fraction of sp³-hybridized carbons (Fsp3) is 0.700. The third-order valence-electron chi connectivity index (χ3n) is 2.69. The number of hydrogen-bond acceptors (Lipinski definition) is 2. The predicted octanol–water partition coefficient (Wildman–Crippen LogP) is 2.31. The fourth-order valence-corrected chi connectivity index (χ4v) is 1.11. The second kappa shape index (κ2) is 4.08. The van der Waals surface area contributed by atoms with E-state index in [1.54, 1.807) is 20.8 Å². The van der Waals surface area contributed by atoms with E-state index in [9.17, 15) is 18.3 Å². The molecule has 0 saturated carbocycles. The lowest BCUT2D eigenvalue weighted by Gasteiger charge is -2.27. The molecule has 0 aromatic carbocycles. The molecule has 0 saturated heterocycles. The number of nitrogens with zero attached hydrogens (tertiary/aromatic N) is 2. The SMILES string of the molecule is CC(C)C(C)(O)Cn1cc(C(F)(F)F)cn1. The highest BCUT2D eigenvalue weighted by atomic mass is 19.4. The van der Waals surface area contributed by atoms with Crippen LogP contribution in [-0.2, 0) is 12.7 Å². The molecule has 0 amide bonds. The van der Waals surface area contributed by atoms with E-state index in [0.717, 1.165) is 17.1 Å². The van der Waals surface area contributed by atoms with Crippen LogP contribution in [0.3, 0.4) is 0 Å². The average molecular weight is 236 g/mol. The number of aromatic nitrogens is 2. The molecule has 1 atom stereocenters. The summed E-state index contributed by atoms with van der Waals surface area (Å²) in [5, 5.41) is 13.5. The molecule has 6 heteroatoms. The van der Waals surface area contributed by atoms with Gasteiger partial charge < -0.3 is 5.11 Å². The summed E-state index contributed by atoms with van der Waals surface area (Å²) >= 11 is 0. The molecular weight excluding hydrogens is 221 g/mol. The van der Waals surface area contributed by atoms with Crippen LogP contribution in [0.15, 0.2) is 12.4 Å². The van der Waals surface area contributed by atoms with Crippen LogP contribution in [-0.4, -0.2) is 20.5 Å². The molecule has 3 nitrogen and oxygen atoms in total. The van der Waals surface area contributed by atoms with Gasteiger partial charge in [-0.3, -0.25) is 4.68 Å². The number of halogens is 3. The van der Waals surface area contributed by atoms with Crippen molar-refractivity contribution in [3.05, 3.63) is 18.0 Å². The second-order valence-electron chi connectivity index (χ2n) is 4.44. The normalized spacial score (nSPS) is 16.5. The minimum Gasteiger partial charge on any atom is -0.388 e. The lowest BCUT2D eigenvalue weighted by atomic mass is 9.93.